The maximum atomic E-state index is 10.9. The molecule has 0 heterocycles. The van der Waals surface area contributed by atoms with E-state index in [4.69, 9.17) is 9.84 Å². The molecule has 5 nitrogen and oxygen atoms in total. The lowest BCUT2D eigenvalue weighted by molar-refractivity contribution is 0.0697. The van der Waals surface area contributed by atoms with Gasteiger partial charge in [0.2, 0.25) is 0 Å². The Morgan fingerprint density at radius 3 is 2.21 bits per heavy atom. The van der Waals surface area contributed by atoms with Gasteiger partial charge in [-0.05, 0) is 35.9 Å². The first kappa shape index (κ1) is 17.1. The van der Waals surface area contributed by atoms with Gasteiger partial charge in [0.15, 0.2) is 5.84 Å². The molecule has 0 saturated carbocycles. The summed E-state index contributed by atoms with van der Waals surface area (Å²) in [4.78, 5) is 19.3. The molecule has 2 rings (SSSR count). The zero-order valence-electron chi connectivity index (χ0n) is 13.5. The van der Waals surface area contributed by atoms with Crippen molar-refractivity contribution in [1.82, 2.24) is 0 Å². The number of aromatic carboxylic acids is 1. The minimum atomic E-state index is -0.956. The quantitative estimate of drug-likeness (QED) is 0.676. The lowest BCUT2D eigenvalue weighted by Crippen LogP contribution is -2.00. The molecule has 0 aromatic heterocycles. The zero-order valence-corrected chi connectivity index (χ0v) is 13.5. The van der Waals surface area contributed by atoms with Crippen molar-refractivity contribution in [1.29, 1.82) is 0 Å². The van der Waals surface area contributed by atoms with Crippen LogP contribution in [0.25, 0.3) is 6.08 Å². The second kappa shape index (κ2) is 8.43. The molecular formula is C19H18N2O3. The SMILES string of the molecule is CN=C(N=C/C=C/c1ccc(OC)cc1)c1ccc(C(=O)O)cc1. The molecule has 0 bridgehead atoms. The summed E-state index contributed by atoms with van der Waals surface area (Å²) < 4.78 is 5.11. The molecule has 122 valence electrons. The van der Waals surface area contributed by atoms with Gasteiger partial charge in [-0.25, -0.2) is 9.79 Å². The van der Waals surface area contributed by atoms with Crippen LogP contribution >= 0.6 is 0 Å². The molecule has 0 atom stereocenters. The van der Waals surface area contributed by atoms with Crippen molar-refractivity contribution in [2.45, 2.75) is 0 Å². The Morgan fingerprint density at radius 1 is 1.04 bits per heavy atom. The third-order valence-electron chi connectivity index (χ3n) is 3.29. The third-order valence-corrected chi connectivity index (χ3v) is 3.29. The Kier molecular flexibility index (Phi) is 6.02. The van der Waals surface area contributed by atoms with E-state index in [9.17, 15) is 4.79 Å². The number of amidine groups is 1. The highest BCUT2D eigenvalue weighted by Gasteiger charge is 2.04. The summed E-state index contributed by atoms with van der Waals surface area (Å²) in [6.07, 6.45) is 5.39. The molecule has 2 aromatic rings. The Morgan fingerprint density at radius 2 is 1.67 bits per heavy atom. The van der Waals surface area contributed by atoms with Crippen molar-refractivity contribution in [2.75, 3.05) is 14.2 Å². The van der Waals surface area contributed by atoms with Crippen molar-refractivity contribution in [3.63, 3.8) is 0 Å². The fourth-order valence-corrected chi connectivity index (χ4v) is 2.01. The molecule has 0 fully saturated rings. The van der Waals surface area contributed by atoms with Crippen molar-refractivity contribution in [3.8, 4) is 5.75 Å². The first-order chi connectivity index (χ1) is 11.6. The van der Waals surface area contributed by atoms with Crippen molar-refractivity contribution in [3.05, 3.63) is 71.3 Å². The monoisotopic (exact) mass is 322 g/mol. The van der Waals surface area contributed by atoms with Gasteiger partial charge >= 0.3 is 5.97 Å². The van der Waals surface area contributed by atoms with Gasteiger partial charge in [0.25, 0.3) is 0 Å². The van der Waals surface area contributed by atoms with E-state index in [1.807, 2.05) is 36.4 Å². The van der Waals surface area contributed by atoms with E-state index < -0.39 is 5.97 Å². The number of allylic oxidation sites excluding steroid dienone is 1. The van der Waals surface area contributed by atoms with Gasteiger partial charge < -0.3 is 9.84 Å². The van der Waals surface area contributed by atoms with E-state index in [2.05, 4.69) is 9.98 Å². The van der Waals surface area contributed by atoms with Crippen LogP contribution in [0.3, 0.4) is 0 Å². The van der Waals surface area contributed by atoms with Crippen LogP contribution < -0.4 is 4.74 Å². The number of carboxylic acid groups (broad SMARTS) is 1. The Labute approximate surface area is 140 Å². The molecular weight excluding hydrogens is 304 g/mol. The second-order valence-corrected chi connectivity index (χ2v) is 4.84. The fraction of sp³-hybridized carbons (Fsp3) is 0.105. The van der Waals surface area contributed by atoms with E-state index >= 15 is 0 Å². The smallest absolute Gasteiger partial charge is 0.335 e. The van der Waals surface area contributed by atoms with E-state index in [0.717, 1.165) is 16.9 Å². The minimum absolute atomic E-state index is 0.234. The van der Waals surface area contributed by atoms with Crippen LogP contribution in [-0.2, 0) is 0 Å². The molecule has 0 unspecified atom stereocenters. The van der Waals surface area contributed by atoms with E-state index in [-0.39, 0.29) is 5.56 Å². The van der Waals surface area contributed by atoms with Gasteiger partial charge in [0.05, 0.1) is 12.7 Å². The van der Waals surface area contributed by atoms with Gasteiger partial charge in [-0.2, -0.15) is 0 Å². The number of carboxylic acids is 1. The number of benzene rings is 2. The highest BCUT2D eigenvalue weighted by atomic mass is 16.5. The molecule has 0 amide bonds. The first-order valence-electron chi connectivity index (χ1n) is 7.29. The van der Waals surface area contributed by atoms with Crippen LogP contribution in [0, 0.1) is 0 Å². The fourth-order valence-electron chi connectivity index (χ4n) is 2.01. The summed E-state index contributed by atoms with van der Waals surface area (Å²) in [5, 5.41) is 8.91. The van der Waals surface area contributed by atoms with Gasteiger partial charge in [-0.3, -0.25) is 4.99 Å². The topological polar surface area (TPSA) is 71.2 Å². The second-order valence-electron chi connectivity index (χ2n) is 4.84. The molecule has 0 aliphatic rings. The Balaban J connectivity index is 2.05. The molecule has 5 heteroatoms. The summed E-state index contributed by atoms with van der Waals surface area (Å²) in [7, 11) is 3.27. The largest absolute Gasteiger partial charge is 0.497 e. The normalized spacial score (nSPS) is 12.0. The molecule has 2 aromatic carbocycles. The van der Waals surface area contributed by atoms with Crippen LogP contribution in [0.5, 0.6) is 5.75 Å². The maximum absolute atomic E-state index is 10.9. The molecule has 0 aliphatic heterocycles. The molecule has 0 spiro atoms. The standard InChI is InChI=1S/C19H18N2O3/c1-20-18(15-7-9-16(10-8-15)19(22)23)21-13-3-4-14-5-11-17(24-2)12-6-14/h3-13H,1-2H3,(H,22,23)/b4-3+,20-18?,21-13?. The number of rotatable bonds is 5. The summed E-state index contributed by atoms with van der Waals surface area (Å²) in [6.45, 7) is 0. The van der Waals surface area contributed by atoms with Gasteiger partial charge in [-0.1, -0.05) is 30.3 Å². The molecule has 0 radical (unpaired) electrons. The summed E-state index contributed by atoms with van der Waals surface area (Å²) in [5.41, 5.74) is 2.03. The van der Waals surface area contributed by atoms with Crippen LogP contribution in [0.15, 0.2) is 64.6 Å². The minimum Gasteiger partial charge on any atom is -0.497 e. The van der Waals surface area contributed by atoms with Gasteiger partial charge in [0.1, 0.15) is 5.75 Å². The number of hydrogen-bond acceptors (Lipinski definition) is 3. The molecule has 1 N–H and O–H groups in total. The highest BCUT2D eigenvalue weighted by Crippen LogP contribution is 2.12. The predicted molar refractivity (Wildman–Crippen MR) is 96.4 cm³/mol. The lowest BCUT2D eigenvalue weighted by atomic mass is 10.1. The van der Waals surface area contributed by atoms with Crippen LogP contribution in [0.1, 0.15) is 21.5 Å². The summed E-state index contributed by atoms with van der Waals surface area (Å²) in [6, 6.07) is 14.1. The van der Waals surface area contributed by atoms with Crippen LogP contribution in [0.2, 0.25) is 0 Å². The summed E-state index contributed by atoms with van der Waals surface area (Å²) >= 11 is 0. The van der Waals surface area contributed by atoms with Crippen molar-refractivity contribution in [2.24, 2.45) is 9.98 Å². The number of carbonyl (C=O) groups is 1. The number of ether oxygens (including phenoxy) is 1. The number of aliphatic imine (C=N–C) groups is 2. The maximum Gasteiger partial charge on any atom is 0.335 e. The molecule has 0 saturated heterocycles. The number of nitrogens with zero attached hydrogens (tertiary/aromatic N) is 2. The van der Waals surface area contributed by atoms with Crippen molar-refractivity contribution < 1.29 is 14.6 Å². The number of hydrogen-bond donors (Lipinski definition) is 1. The van der Waals surface area contributed by atoms with E-state index in [0.29, 0.717) is 5.84 Å². The third kappa shape index (κ3) is 4.64. The summed E-state index contributed by atoms with van der Waals surface area (Å²) in [5.74, 6) is 0.389. The first-order valence-corrected chi connectivity index (χ1v) is 7.29. The van der Waals surface area contributed by atoms with Crippen molar-refractivity contribution >= 4 is 24.1 Å². The molecule has 0 aliphatic carbocycles. The van der Waals surface area contributed by atoms with Crippen LogP contribution in [0.4, 0.5) is 0 Å². The lowest BCUT2D eigenvalue weighted by Gasteiger charge is -2.00. The average Bonchev–Trinajstić information content (AvgIpc) is 2.62. The van der Waals surface area contributed by atoms with E-state index in [1.54, 1.807) is 32.5 Å². The highest BCUT2D eigenvalue weighted by molar-refractivity contribution is 6.05. The predicted octanol–water partition coefficient (Wildman–Crippen LogP) is 3.55. The van der Waals surface area contributed by atoms with E-state index in [1.165, 1.54) is 12.1 Å². The Hall–Kier alpha value is -3.21. The van der Waals surface area contributed by atoms with Gasteiger partial charge in [-0.15, -0.1) is 0 Å². The number of methoxy groups -OCH3 is 1. The Bertz CT molecular complexity index is 773. The molecule has 24 heavy (non-hydrogen) atoms. The van der Waals surface area contributed by atoms with Crippen LogP contribution in [-0.4, -0.2) is 37.3 Å². The van der Waals surface area contributed by atoms with Gasteiger partial charge in [0, 0.05) is 18.8 Å². The average molecular weight is 322 g/mol. The zero-order chi connectivity index (χ0) is 17.4.